The maximum absolute atomic E-state index is 2.42. The molecule has 0 saturated heterocycles. The molecule has 0 aliphatic carbocycles. The van der Waals surface area contributed by atoms with Gasteiger partial charge in [-0.05, 0) is 87.5 Å². The summed E-state index contributed by atoms with van der Waals surface area (Å²) in [5.41, 5.74) is 18.7. The second-order valence-electron chi connectivity index (χ2n) is 15.7. The van der Waals surface area contributed by atoms with Crippen LogP contribution in [-0.2, 0) is 0 Å². The van der Waals surface area contributed by atoms with Crippen molar-refractivity contribution in [3.05, 3.63) is 255 Å². The number of fused-ring (bicyclic) bond motifs is 3. The number of hydrogen-bond acceptors (Lipinski definition) is 1. The van der Waals surface area contributed by atoms with Gasteiger partial charge in [-0.3, -0.25) is 0 Å². The van der Waals surface area contributed by atoms with Gasteiger partial charge in [-0.2, -0.15) is 0 Å². The third kappa shape index (κ3) is 6.74. The van der Waals surface area contributed by atoms with E-state index in [-0.39, 0.29) is 0 Å². The second-order valence-corrected chi connectivity index (χ2v) is 15.7. The van der Waals surface area contributed by atoms with Crippen LogP contribution in [0, 0.1) is 0 Å². The first kappa shape index (κ1) is 36.8. The van der Waals surface area contributed by atoms with Crippen LogP contribution in [0.2, 0.25) is 0 Å². The van der Waals surface area contributed by atoms with Crippen molar-refractivity contribution in [1.82, 2.24) is 4.57 Å². The highest BCUT2D eigenvalue weighted by Gasteiger charge is 2.21. The fourth-order valence-corrected chi connectivity index (χ4v) is 9.09. The topological polar surface area (TPSA) is 8.17 Å². The fourth-order valence-electron chi connectivity index (χ4n) is 9.09. The molecule has 10 aromatic carbocycles. The lowest BCUT2D eigenvalue weighted by Gasteiger charge is -2.30. The Morgan fingerprint density at radius 1 is 0.258 bits per heavy atom. The van der Waals surface area contributed by atoms with Crippen LogP contribution in [-0.4, -0.2) is 4.57 Å². The summed E-state index contributed by atoms with van der Waals surface area (Å²) in [4.78, 5) is 2.42. The zero-order valence-electron chi connectivity index (χ0n) is 34.1. The number of benzene rings is 10. The summed E-state index contributed by atoms with van der Waals surface area (Å²) < 4.78 is 2.42. The molecule has 0 spiro atoms. The predicted octanol–water partition coefficient (Wildman–Crippen LogP) is 16.6. The Morgan fingerprint density at radius 2 is 0.661 bits per heavy atom. The molecule has 2 heteroatoms. The van der Waals surface area contributed by atoms with Crippen molar-refractivity contribution in [2.24, 2.45) is 0 Å². The van der Waals surface area contributed by atoms with Gasteiger partial charge in [0.15, 0.2) is 0 Å². The van der Waals surface area contributed by atoms with Crippen molar-refractivity contribution in [1.29, 1.82) is 0 Å². The van der Waals surface area contributed by atoms with E-state index in [1.807, 2.05) is 0 Å². The first-order chi connectivity index (χ1) is 30.8. The molecular formula is C60H42N2. The molecule has 0 bridgehead atoms. The number of para-hydroxylation sites is 5. The summed E-state index contributed by atoms with van der Waals surface area (Å²) in [6, 6.07) is 92.0. The molecule has 0 unspecified atom stereocenters. The molecule has 0 N–H and O–H groups in total. The molecule has 292 valence electrons. The highest BCUT2D eigenvalue weighted by atomic mass is 15.1. The van der Waals surface area contributed by atoms with E-state index in [2.05, 4.69) is 264 Å². The highest BCUT2D eigenvalue weighted by Crippen LogP contribution is 2.45. The van der Waals surface area contributed by atoms with Crippen LogP contribution < -0.4 is 4.90 Å². The molecular weight excluding hydrogens is 749 g/mol. The van der Waals surface area contributed by atoms with Gasteiger partial charge in [0.1, 0.15) is 0 Å². The number of rotatable bonds is 9. The van der Waals surface area contributed by atoms with Crippen molar-refractivity contribution < 1.29 is 0 Å². The van der Waals surface area contributed by atoms with Gasteiger partial charge >= 0.3 is 0 Å². The minimum Gasteiger partial charge on any atom is -0.309 e. The summed E-state index contributed by atoms with van der Waals surface area (Å²) in [5, 5.41) is 2.52. The Hall–Kier alpha value is -8.20. The van der Waals surface area contributed by atoms with E-state index in [1.54, 1.807) is 0 Å². The van der Waals surface area contributed by atoms with Gasteiger partial charge in [-0.1, -0.05) is 206 Å². The Kier molecular flexibility index (Phi) is 9.57. The lowest BCUT2D eigenvalue weighted by Crippen LogP contribution is -2.12. The van der Waals surface area contributed by atoms with Crippen LogP contribution in [0.15, 0.2) is 255 Å². The zero-order chi connectivity index (χ0) is 41.2. The number of hydrogen-bond donors (Lipinski definition) is 0. The third-order valence-electron chi connectivity index (χ3n) is 12.0. The van der Waals surface area contributed by atoms with Gasteiger partial charge in [0.25, 0.3) is 0 Å². The van der Waals surface area contributed by atoms with Gasteiger partial charge in [-0.25, -0.2) is 0 Å². The molecule has 0 fully saturated rings. The van der Waals surface area contributed by atoms with E-state index in [4.69, 9.17) is 0 Å². The van der Waals surface area contributed by atoms with Crippen molar-refractivity contribution >= 4 is 38.9 Å². The standard InChI is InChI=1S/C60H42N2/c1-3-18-43(19-4-1)44-34-36-47(37-35-44)52-25-8-13-30-57(52)61(56-29-12-7-24-51(56)46-20-5-2-6-21-46)50-40-38-45(39-41-50)48-22-17-23-49(42-48)53-26-9-14-31-58(53)62-59-32-15-10-27-54(59)55-28-11-16-33-60(55)62/h1-42H. The molecule has 0 radical (unpaired) electrons. The maximum Gasteiger partial charge on any atom is 0.0541 e. The van der Waals surface area contributed by atoms with Gasteiger partial charge in [0.2, 0.25) is 0 Å². The van der Waals surface area contributed by atoms with Crippen LogP contribution >= 0.6 is 0 Å². The second kappa shape index (κ2) is 16.1. The minimum atomic E-state index is 1.08. The monoisotopic (exact) mass is 790 g/mol. The SMILES string of the molecule is c1ccc(-c2ccc(-c3ccccc3N(c3ccc(-c4cccc(-c5ccccc5-n5c6ccccc6c6ccccc65)c4)cc3)c3ccccc3-c3ccccc3)cc2)cc1. The fraction of sp³-hybridized carbons (Fsp3) is 0. The van der Waals surface area contributed by atoms with E-state index in [0.29, 0.717) is 0 Å². The van der Waals surface area contributed by atoms with E-state index < -0.39 is 0 Å². The molecule has 62 heavy (non-hydrogen) atoms. The average Bonchev–Trinajstić information content (AvgIpc) is 3.69. The quantitative estimate of drug-likeness (QED) is 0.141. The van der Waals surface area contributed by atoms with Crippen molar-refractivity contribution in [2.45, 2.75) is 0 Å². The van der Waals surface area contributed by atoms with Crippen molar-refractivity contribution in [2.75, 3.05) is 4.90 Å². The minimum absolute atomic E-state index is 1.08. The number of nitrogens with zero attached hydrogens (tertiary/aromatic N) is 2. The Bertz CT molecular complexity index is 3270. The summed E-state index contributed by atoms with van der Waals surface area (Å²) in [6.45, 7) is 0. The third-order valence-corrected chi connectivity index (χ3v) is 12.0. The smallest absolute Gasteiger partial charge is 0.0541 e. The van der Waals surface area contributed by atoms with E-state index in [9.17, 15) is 0 Å². The molecule has 0 aliphatic rings. The average molecular weight is 791 g/mol. The number of aromatic nitrogens is 1. The molecule has 2 nitrogen and oxygen atoms in total. The highest BCUT2D eigenvalue weighted by molar-refractivity contribution is 6.09. The van der Waals surface area contributed by atoms with Gasteiger partial charge in [-0.15, -0.1) is 0 Å². The predicted molar refractivity (Wildman–Crippen MR) is 263 cm³/mol. The Morgan fingerprint density at radius 3 is 1.29 bits per heavy atom. The molecule has 11 aromatic rings. The summed E-state index contributed by atoms with van der Waals surface area (Å²) in [7, 11) is 0. The van der Waals surface area contributed by atoms with Gasteiger partial charge in [0.05, 0.1) is 28.1 Å². The van der Waals surface area contributed by atoms with Crippen LogP contribution in [0.1, 0.15) is 0 Å². The van der Waals surface area contributed by atoms with Crippen molar-refractivity contribution in [3.8, 4) is 61.3 Å². The van der Waals surface area contributed by atoms with E-state index in [0.717, 1.165) is 33.8 Å². The summed E-state index contributed by atoms with van der Waals surface area (Å²) in [5.74, 6) is 0. The normalized spacial score (nSPS) is 11.2. The summed E-state index contributed by atoms with van der Waals surface area (Å²) >= 11 is 0. The molecule has 0 atom stereocenters. The molecule has 0 amide bonds. The number of anilines is 3. The molecule has 1 aromatic heterocycles. The van der Waals surface area contributed by atoms with Gasteiger partial charge < -0.3 is 9.47 Å². The van der Waals surface area contributed by atoms with Gasteiger partial charge in [0, 0.05) is 33.2 Å². The lowest BCUT2D eigenvalue weighted by molar-refractivity contribution is 1.18. The molecule has 0 aliphatic heterocycles. The zero-order valence-corrected chi connectivity index (χ0v) is 34.1. The molecule has 0 saturated carbocycles. The van der Waals surface area contributed by atoms with Crippen LogP contribution in [0.25, 0.3) is 83.1 Å². The van der Waals surface area contributed by atoms with Crippen LogP contribution in [0.5, 0.6) is 0 Å². The van der Waals surface area contributed by atoms with E-state index in [1.165, 1.54) is 66.4 Å². The van der Waals surface area contributed by atoms with E-state index >= 15 is 0 Å². The first-order valence-electron chi connectivity index (χ1n) is 21.3. The lowest BCUT2D eigenvalue weighted by atomic mass is 9.96. The molecule has 11 rings (SSSR count). The first-order valence-corrected chi connectivity index (χ1v) is 21.3. The Labute approximate surface area is 362 Å². The van der Waals surface area contributed by atoms with Crippen LogP contribution in [0.3, 0.4) is 0 Å². The Balaban J connectivity index is 1.01. The van der Waals surface area contributed by atoms with Crippen molar-refractivity contribution in [3.63, 3.8) is 0 Å². The summed E-state index contributed by atoms with van der Waals surface area (Å²) in [6.07, 6.45) is 0. The maximum atomic E-state index is 2.42. The van der Waals surface area contributed by atoms with Crippen LogP contribution in [0.4, 0.5) is 17.1 Å². The largest absolute Gasteiger partial charge is 0.309 e. The molecule has 1 heterocycles.